The van der Waals surface area contributed by atoms with Gasteiger partial charge in [-0.2, -0.15) is 0 Å². The van der Waals surface area contributed by atoms with Crippen LogP contribution in [0.2, 0.25) is 0 Å². The summed E-state index contributed by atoms with van der Waals surface area (Å²) in [4.78, 5) is 16.9. The van der Waals surface area contributed by atoms with Crippen molar-refractivity contribution in [2.75, 3.05) is 0 Å². The minimum atomic E-state index is -0.145. The number of benzene rings is 2. The fraction of sp³-hybridized carbons (Fsp3) is 0.111. The Hall–Kier alpha value is -3.08. The molecular formula is C18H17N3O2. The highest BCUT2D eigenvalue weighted by Gasteiger charge is 2.10. The highest BCUT2D eigenvalue weighted by atomic mass is 16.3. The van der Waals surface area contributed by atoms with Crippen LogP contribution in [0.15, 0.2) is 58.3 Å². The van der Waals surface area contributed by atoms with Gasteiger partial charge in [-0.05, 0) is 49.7 Å². The average Bonchev–Trinajstić information content (AvgIpc) is 2.82. The van der Waals surface area contributed by atoms with Crippen LogP contribution >= 0.6 is 0 Å². The third kappa shape index (κ3) is 2.94. The number of phenolic OH excluding ortho intramolecular Hbond substituents is 1. The van der Waals surface area contributed by atoms with E-state index in [9.17, 15) is 9.90 Å². The van der Waals surface area contributed by atoms with Crippen LogP contribution in [0.5, 0.6) is 5.75 Å². The number of aromatic hydroxyl groups is 1. The maximum atomic E-state index is 12.6. The van der Waals surface area contributed by atoms with Crippen molar-refractivity contribution in [2.45, 2.75) is 13.8 Å². The molecule has 1 aromatic heterocycles. The predicted octanol–water partition coefficient (Wildman–Crippen LogP) is 3.24. The summed E-state index contributed by atoms with van der Waals surface area (Å²) in [6.45, 7) is 3.70. The molecule has 3 aromatic rings. The molecule has 0 radical (unpaired) electrons. The molecule has 0 saturated carbocycles. The van der Waals surface area contributed by atoms with E-state index in [1.807, 2.05) is 44.2 Å². The van der Waals surface area contributed by atoms with E-state index in [1.165, 1.54) is 4.68 Å². The molecule has 0 unspecified atom stereocenters. The fourth-order valence-electron chi connectivity index (χ4n) is 2.39. The Kier molecular flexibility index (Phi) is 3.85. The van der Waals surface area contributed by atoms with E-state index in [4.69, 9.17) is 0 Å². The van der Waals surface area contributed by atoms with Crippen molar-refractivity contribution in [1.82, 2.24) is 9.78 Å². The van der Waals surface area contributed by atoms with Crippen molar-refractivity contribution < 1.29 is 5.11 Å². The van der Waals surface area contributed by atoms with Gasteiger partial charge in [0, 0.05) is 11.9 Å². The van der Waals surface area contributed by atoms with Crippen molar-refractivity contribution in [3.05, 3.63) is 75.7 Å². The maximum Gasteiger partial charge on any atom is 0.280 e. The first-order chi connectivity index (χ1) is 11.1. The molecule has 5 nitrogen and oxygen atoms in total. The minimum Gasteiger partial charge on any atom is -0.508 e. The summed E-state index contributed by atoms with van der Waals surface area (Å²) < 4.78 is 1.50. The molecular weight excluding hydrogens is 290 g/mol. The molecule has 0 atom stereocenters. The van der Waals surface area contributed by atoms with E-state index in [-0.39, 0.29) is 11.3 Å². The van der Waals surface area contributed by atoms with Gasteiger partial charge in [-0.25, -0.2) is 4.68 Å². The number of aromatic nitrogens is 2. The first kappa shape index (κ1) is 14.8. The van der Waals surface area contributed by atoms with Crippen LogP contribution in [-0.2, 0) is 0 Å². The average molecular weight is 307 g/mol. The standard InChI is InChI=1S/C18H17N3O2/c1-12-10-15(22)8-9-17(12)19-11-16-13(2)20-21(18(16)23)14-6-4-3-5-7-14/h3-11,20,22H,1-2H3. The van der Waals surface area contributed by atoms with Gasteiger partial charge in [0.25, 0.3) is 5.56 Å². The lowest BCUT2D eigenvalue weighted by Gasteiger charge is -2.00. The second-order valence-electron chi connectivity index (χ2n) is 5.36. The van der Waals surface area contributed by atoms with Gasteiger partial charge in [-0.15, -0.1) is 0 Å². The summed E-state index contributed by atoms with van der Waals surface area (Å²) in [7, 11) is 0. The van der Waals surface area contributed by atoms with E-state index in [2.05, 4.69) is 10.1 Å². The summed E-state index contributed by atoms with van der Waals surface area (Å²) >= 11 is 0. The number of nitrogens with zero attached hydrogens (tertiary/aromatic N) is 2. The van der Waals surface area contributed by atoms with Gasteiger partial charge in [0.1, 0.15) is 5.75 Å². The maximum absolute atomic E-state index is 12.6. The number of nitrogens with one attached hydrogen (secondary N) is 1. The van der Waals surface area contributed by atoms with Crippen molar-refractivity contribution in [3.8, 4) is 11.4 Å². The zero-order chi connectivity index (χ0) is 16.4. The highest BCUT2D eigenvalue weighted by Crippen LogP contribution is 2.22. The Labute approximate surface area is 133 Å². The molecule has 0 amide bonds. The fourth-order valence-corrected chi connectivity index (χ4v) is 2.39. The molecule has 116 valence electrons. The van der Waals surface area contributed by atoms with Gasteiger partial charge in [-0.3, -0.25) is 14.9 Å². The Morgan fingerprint density at radius 3 is 2.57 bits per heavy atom. The number of aryl methyl sites for hydroxylation is 2. The van der Waals surface area contributed by atoms with Crippen LogP contribution < -0.4 is 5.56 Å². The number of rotatable bonds is 3. The van der Waals surface area contributed by atoms with Crippen LogP contribution in [0.25, 0.3) is 5.69 Å². The second kappa shape index (κ2) is 5.96. The number of aliphatic imine (C=N–C) groups is 1. The Morgan fingerprint density at radius 1 is 1.13 bits per heavy atom. The zero-order valence-corrected chi connectivity index (χ0v) is 12.9. The van der Waals surface area contributed by atoms with Crippen molar-refractivity contribution in [2.24, 2.45) is 4.99 Å². The van der Waals surface area contributed by atoms with E-state index < -0.39 is 0 Å². The zero-order valence-electron chi connectivity index (χ0n) is 12.9. The van der Waals surface area contributed by atoms with Crippen molar-refractivity contribution >= 4 is 11.9 Å². The number of phenols is 1. The molecule has 3 rings (SSSR count). The quantitative estimate of drug-likeness (QED) is 0.729. The third-order valence-corrected chi connectivity index (χ3v) is 3.64. The first-order valence-electron chi connectivity index (χ1n) is 7.27. The number of hydrogen-bond donors (Lipinski definition) is 2. The molecule has 2 aromatic carbocycles. The van der Waals surface area contributed by atoms with Crippen LogP contribution in [-0.4, -0.2) is 21.1 Å². The van der Waals surface area contributed by atoms with Crippen LogP contribution in [0.4, 0.5) is 5.69 Å². The molecule has 0 aliphatic rings. The van der Waals surface area contributed by atoms with E-state index in [0.29, 0.717) is 11.3 Å². The molecule has 0 bridgehead atoms. The highest BCUT2D eigenvalue weighted by molar-refractivity contribution is 5.83. The van der Waals surface area contributed by atoms with E-state index in [0.717, 1.165) is 16.9 Å². The van der Waals surface area contributed by atoms with Gasteiger partial charge in [-0.1, -0.05) is 18.2 Å². The molecule has 5 heteroatoms. The molecule has 23 heavy (non-hydrogen) atoms. The van der Waals surface area contributed by atoms with Crippen molar-refractivity contribution in [1.29, 1.82) is 0 Å². The number of H-pyrrole nitrogens is 1. The van der Waals surface area contributed by atoms with Crippen LogP contribution in [0.1, 0.15) is 16.8 Å². The normalized spacial score (nSPS) is 11.2. The predicted molar refractivity (Wildman–Crippen MR) is 91.2 cm³/mol. The molecule has 0 fully saturated rings. The molecule has 0 saturated heterocycles. The smallest absolute Gasteiger partial charge is 0.280 e. The van der Waals surface area contributed by atoms with Gasteiger partial charge < -0.3 is 5.11 Å². The summed E-state index contributed by atoms with van der Waals surface area (Å²) in [5.41, 5.74) is 3.46. The van der Waals surface area contributed by atoms with Gasteiger partial charge >= 0.3 is 0 Å². The second-order valence-corrected chi connectivity index (χ2v) is 5.36. The lowest BCUT2D eigenvalue weighted by molar-refractivity contribution is 0.475. The minimum absolute atomic E-state index is 0.145. The van der Waals surface area contributed by atoms with Gasteiger partial charge in [0.15, 0.2) is 0 Å². The van der Waals surface area contributed by atoms with Gasteiger partial charge in [0.05, 0.1) is 16.9 Å². The van der Waals surface area contributed by atoms with Crippen LogP contribution in [0, 0.1) is 13.8 Å². The Balaban J connectivity index is 2.00. The third-order valence-electron chi connectivity index (χ3n) is 3.64. The van der Waals surface area contributed by atoms with Gasteiger partial charge in [0.2, 0.25) is 0 Å². The molecule has 1 heterocycles. The largest absolute Gasteiger partial charge is 0.508 e. The molecule has 0 aliphatic heterocycles. The number of hydrogen-bond acceptors (Lipinski definition) is 3. The molecule has 0 spiro atoms. The monoisotopic (exact) mass is 307 g/mol. The van der Waals surface area contributed by atoms with E-state index in [1.54, 1.807) is 24.4 Å². The number of aromatic amines is 1. The Bertz CT molecular complexity index is 921. The van der Waals surface area contributed by atoms with Crippen LogP contribution in [0.3, 0.4) is 0 Å². The summed E-state index contributed by atoms with van der Waals surface area (Å²) in [6, 6.07) is 14.3. The topological polar surface area (TPSA) is 70.4 Å². The molecule has 0 aliphatic carbocycles. The van der Waals surface area contributed by atoms with E-state index >= 15 is 0 Å². The van der Waals surface area contributed by atoms with Crippen molar-refractivity contribution in [3.63, 3.8) is 0 Å². The summed E-state index contributed by atoms with van der Waals surface area (Å²) in [5.74, 6) is 0.200. The molecule has 2 N–H and O–H groups in total. The Morgan fingerprint density at radius 2 is 1.87 bits per heavy atom. The first-order valence-corrected chi connectivity index (χ1v) is 7.27. The lowest BCUT2D eigenvalue weighted by atomic mass is 10.2. The summed E-state index contributed by atoms with van der Waals surface area (Å²) in [5, 5.41) is 12.5. The summed E-state index contributed by atoms with van der Waals surface area (Å²) in [6.07, 6.45) is 1.56. The number of para-hydroxylation sites is 1. The SMILES string of the molecule is Cc1cc(O)ccc1N=Cc1c(C)[nH]n(-c2ccccc2)c1=O. The lowest BCUT2D eigenvalue weighted by Crippen LogP contribution is -2.17.